The number of hydrogen-bond acceptors (Lipinski definition) is 3. The normalized spacial score (nSPS) is 10.2. The minimum atomic E-state index is -0.138. The average molecular weight is 348 g/mol. The Labute approximate surface area is 133 Å². The van der Waals surface area contributed by atoms with Gasteiger partial charge in [0.25, 0.3) is 5.91 Å². The van der Waals surface area contributed by atoms with Crippen LogP contribution in [0.15, 0.2) is 41.0 Å². The lowest BCUT2D eigenvalue weighted by Crippen LogP contribution is -2.16. The molecule has 0 saturated heterocycles. The lowest BCUT2D eigenvalue weighted by Gasteiger charge is -2.12. The molecule has 2 rings (SSSR count). The van der Waals surface area contributed by atoms with Gasteiger partial charge in [-0.2, -0.15) is 0 Å². The summed E-state index contributed by atoms with van der Waals surface area (Å²) < 4.78 is 0.753. The number of para-hydroxylation sites is 1. The molecule has 5 heteroatoms. The number of amides is 1. The Morgan fingerprint density at radius 2 is 1.95 bits per heavy atom. The van der Waals surface area contributed by atoms with Gasteiger partial charge in [-0.25, -0.2) is 4.98 Å². The SMILES string of the molecule is CCCNc1ccccc1C(=O)Nc1ccc(Br)nc1C. The Kier molecular flexibility index (Phi) is 5.33. The van der Waals surface area contributed by atoms with E-state index in [2.05, 4.69) is 38.5 Å². The van der Waals surface area contributed by atoms with Gasteiger partial charge in [-0.15, -0.1) is 0 Å². The topological polar surface area (TPSA) is 54.0 Å². The number of pyridine rings is 1. The van der Waals surface area contributed by atoms with Crippen molar-refractivity contribution in [2.45, 2.75) is 20.3 Å². The lowest BCUT2D eigenvalue weighted by molar-refractivity contribution is 0.102. The van der Waals surface area contributed by atoms with Crippen LogP contribution in [-0.4, -0.2) is 17.4 Å². The fraction of sp³-hybridized carbons (Fsp3) is 0.250. The standard InChI is InChI=1S/C16H18BrN3O/c1-3-10-18-14-7-5-4-6-12(14)16(21)20-13-8-9-15(17)19-11(13)2/h4-9,18H,3,10H2,1-2H3,(H,20,21). The van der Waals surface area contributed by atoms with Gasteiger partial charge in [0, 0.05) is 12.2 Å². The summed E-state index contributed by atoms with van der Waals surface area (Å²) in [7, 11) is 0. The summed E-state index contributed by atoms with van der Waals surface area (Å²) in [6.07, 6.45) is 1.01. The van der Waals surface area contributed by atoms with Crippen LogP contribution in [0.2, 0.25) is 0 Å². The van der Waals surface area contributed by atoms with Crippen LogP contribution in [0.1, 0.15) is 29.4 Å². The van der Waals surface area contributed by atoms with Gasteiger partial charge in [0.15, 0.2) is 0 Å². The molecule has 0 atom stereocenters. The van der Waals surface area contributed by atoms with Gasteiger partial charge in [-0.3, -0.25) is 4.79 Å². The number of rotatable bonds is 5. The summed E-state index contributed by atoms with van der Waals surface area (Å²) in [5.41, 5.74) is 2.97. The highest BCUT2D eigenvalue weighted by Crippen LogP contribution is 2.20. The minimum Gasteiger partial charge on any atom is -0.384 e. The molecule has 0 aliphatic heterocycles. The number of hydrogen-bond donors (Lipinski definition) is 2. The molecule has 0 fully saturated rings. The molecule has 4 nitrogen and oxygen atoms in total. The van der Waals surface area contributed by atoms with Crippen molar-refractivity contribution in [3.8, 4) is 0 Å². The molecule has 1 aromatic carbocycles. The molecule has 0 aliphatic carbocycles. The maximum absolute atomic E-state index is 12.4. The highest BCUT2D eigenvalue weighted by Gasteiger charge is 2.12. The molecule has 0 unspecified atom stereocenters. The molecular weight excluding hydrogens is 330 g/mol. The van der Waals surface area contributed by atoms with E-state index in [0.29, 0.717) is 11.3 Å². The summed E-state index contributed by atoms with van der Waals surface area (Å²) in [5.74, 6) is -0.138. The molecule has 0 bridgehead atoms. The smallest absolute Gasteiger partial charge is 0.257 e. The molecule has 2 N–H and O–H groups in total. The third-order valence-electron chi connectivity index (χ3n) is 3.04. The van der Waals surface area contributed by atoms with Gasteiger partial charge in [-0.05, 0) is 53.5 Å². The van der Waals surface area contributed by atoms with Crippen LogP contribution in [0, 0.1) is 6.92 Å². The van der Waals surface area contributed by atoms with Gasteiger partial charge in [0.2, 0.25) is 0 Å². The van der Waals surface area contributed by atoms with Crippen molar-refractivity contribution in [2.75, 3.05) is 17.2 Å². The van der Waals surface area contributed by atoms with Crippen molar-refractivity contribution < 1.29 is 4.79 Å². The van der Waals surface area contributed by atoms with E-state index in [-0.39, 0.29) is 5.91 Å². The van der Waals surface area contributed by atoms with E-state index in [1.807, 2.05) is 43.3 Å². The van der Waals surface area contributed by atoms with Crippen LogP contribution < -0.4 is 10.6 Å². The van der Waals surface area contributed by atoms with Crippen molar-refractivity contribution >= 4 is 33.2 Å². The van der Waals surface area contributed by atoms with E-state index < -0.39 is 0 Å². The Balaban J connectivity index is 2.20. The van der Waals surface area contributed by atoms with Crippen LogP contribution >= 0.6 is 15.9 Å². The molecule has 1 amide bonds. The van der Waals surface area contributed by atoms with E-state index in [1.54, 1.807) is 0 Å². The van der Waals surface area contributed by atoms with Gasteiger partial charge in [0.05, 0.1) is 16.9 Å². The Morgan fingerprint density at radius 3 is 2.67 bits per heavy atom. The second-order valence-corrected chi connectivity index (χ2v) is 5.51. The second-order valence-electron chi connectivity index (χ2n) is 4.69. The van der Waals surface area contributed by atoms with Crippen molar-refractivity contribution in [1.82, 2.24) is 4.98 Å². The monoisotopic (exact) mass is 347 g/mol. The largest absolute Gasteiger partial charge is 0.384 e. The zero-order valence-electron chi connectivity index (χ0n) is 12.1. The Bertz CT molecular complexity index is 643. The van der Waals surface area contributed by atoms with Crippen molar-refractivity contribution in [1.29, 1.82) is 0 Å². The van der Waals surface area contributed by atoms with Crippen LogP contribution in [-0.2, 0) is 0 Å². The van der Waals surface area contributed by atoms with E-state index in [4.69, 9.17) is 0 Å². The van der Waals surface area contributed by atoms with Gasteiger partial charge in [0.1, 0.15) is 4.60 Å². The van der Waals surface area contributed by atoms with Gasteiger partial charge in [-0.1, -0.05) is 19.1 Å². The highest BCUT2D eigenvalue weighted by atomic mass is 79.9. The second kappa shape index (κ2) is 7.22. The van der Waals surface area contributed by atoms with Crippen LogP contribution in [0.5, 0.6) is 0 Å². The molecule has 0 saturated carbocycles. The van der Waals surface area contributed by atoms with Crippen molar-refractivity contribution in [3.05, 3.63) is 52.3 Å². The minimum absolute atomic E-state index is 0.138. The summed E-state index contributed by atoms with van der Waals surface area (Å²) in [6.45, 7) is 4.79. The molecular formula is C16H18BrN3O. The van der Waals surface area contributed by atoms with Gasteiger partial charge < -0.3 is 10.6 Å². The fourth-order valence-electron chi connectivity index (χ4n) is 1.95. The number of aryl methyl sites for hydroxylation is 1. The van der Waals surface area contributed by atoms with Crippen LogP contribution in [0.4, 0.5) is 11.4 Å². The summed E-state index contributed by atoms with van der Waals surface area (Å²) in [5, 5.41) is 6.18. The average Bonchev–Trinajstić information content (AvgIpc) is 2.48. The quantitative estimate of drug-likeness (QED) is 0.796. The van der Waals surface area contributed by atoms with E-state index in [0.717, 1.165) is 29.0 Å². The molecule has 1 aromatic heterocycles. The molecule has 0 aliphatic rings. The molecule has 2 aromatic rings. The first-order valence-electron chi connectivity index (χ1n) is 6.89. The zero-order valence-corrected chi connectivity index (χ0v) is 13.7. The maximum atomic E-state index is 12.4. The Morgan fingerprint density at radius 1 is 1.19 bits per heavy atom. The third-order valence-corrected chi connectivity index (χ3v) is 3.48. The Hall–Kier alpha value is -1.88. The zero-order chi connectivity index (χ0) is 15.2. The number of aromatic nitrogens is 1. The first kappa shape index (κ1) is 15.5. The summed E-state index contributed by atoms with van der Waals surface area (Å²) in [6, 6.07) is 11.2. The van der Waals surface area contributed by atoms with E-state index in [1.165, 1.54) is 0 Å². The first-order valence-corrected chi connectivity index (χ1v) is 7.68. The molecule has 0 radical (unpaired) electrons. The molecule has 21 heavy (non-hydrogen) atoms. The number of anilines is 2. The highest BCUT2D eigenvalue weighted by molar-refractivity contribution is 9.10. The van der Waals surface area contributed by atoms with Crippen molar-refractivity contribution in [3.63, 3.8) is 0 Å². The molecule has 1 heterocycles. The summed E-state index contributed by atoms with van der Waals surface area (Å²) >= 11 is 3.31. The lowest BCUT2D eigenvalue weighted by atomic mass is 10.1. The number of halogens is 1. The number of carbonyl (C=O) groups excluding carboxylic acids is 1. The van der Waals surface area contributed by atoms with Crippen LogP contribution in [0.25, 0.3) is 0 Å². The maximum Gasteiger partial charge on any atom is 0.257 e. The predicted molar refractivity (Wildman–Crippen MR) is 89.8 cm³/mol. The first-order chi connectivity index (χ1) is 10.1. The number of carbonyl (C=O) groups is 1. The van der Waals surface area contributed by atoms with Gasteiger partial charge >= 0.3 is 0 Å². The number of nitrogens with zero attached hydrogens (tertiary/aromatic N) is 1. The van der Waals surface area contributed by atoms with Crippen LogP contribution in [0.3, 0.4) is 0 Å². The predicted octanol–water partition coefficient (Wildman–Crippen LogP) is 4.23. The van der Waals surface area contributed by atoms with Crippen molar-refractivity contribution in [2.24, 2.45) is 0 Å². The van der Waals surface area contributed by atoms with E-state index >= 15 is 0 Å². The molecule has 110 valence electrons. The third kappa shape index (κ3) is 4.04. The fourth-order valence-corrected chi connectivity index (χ4v) is 2.35. The molecule has 0 spiro atoms. The number of benzene rings is 1. The van der Waals surface area contributed by atoms with E-state index in [9.17, 15) is 4.79 Å². The number of nitrogens with one attached hydrogen (secondary N) is 2. The summed E-state index contributed by atoms with van der Waals surface area (Å²) in [4.78, 5) is 16.7.